The number of nitrogens with zero attached hydrogens (tertiary/aromatic N) is 5. The van der Waals surface area contributed by atoms with Crippen LogP contribution in [0.3, 0.4) is 0 Å². The molecule has 1 amide bonds. The highest BCUT2D eigenvalue weighted by molar-refractivity contribution is 7.13. The maximum atomic E-state index is 13.3. The Morgan fingerprint density at radius 1 is 1.23 bits per heavy atom. The molecule has 5 rings (SSSR count). The summed E-state index contributed by atoms with van der Waals surface area (Å²) in [6.45, 7) is 1.88. The minimum Gasteiger partial charge on any atom is -0.322 e. The number of rotatable bonds is 4. The van der Waals surface area contributed by atoms with Gasteiger partial charge in [0, 0.05) is 25.1 Å². The summed E-state index contributed by atoms with van der Waals surface area (Å²) in [5, 5.41) is 10.7. The second kappa shape index (κ2) is 7.64. The van der Waals surface area contributed by atoms with E-state index in [1.54, 1.807) is 34.6 Å². The van der Waals surface area contributed by atoms with Gasteiger partial charge in [-0.3, -0.25) is 9.48 Å². The smallest absolute Gasteiger partial charge is 0.256 e. The monoisotopic (exact) mass is 448 g/mol. The van der Waals surface area contributed by atoms with Crippen LogP contribution in [-0.2, 0) is 7.05 Å². The number of nitrogens with one attached hydrogen (secondary N) is 1. The molecule has 9 heteroatoms. The summed E-state index contributed by atoms with van der Waals surface area (Å²) in [5.41, 5.74) is 4.07. The van der Waals surface area contributed by atoms with Crippen LogP contribution < -0.4 is 5.32 Å². The van der Waals surface area contributed by atoms with Gasteiger partial charge in [0.25, 0.3) is 5.91 Å². The maximum Gasteiger partial charge on any atom is 0.256 e. The molecule has 154 valence electrons. The number of carbonyl (C=O) groups excluding carboxylic acids is 1. The minimum atomic E-state index is -0.243. The van der Waals surface area contributed by atoms with E-state index in [1.807, 2.05) is 60.4 Å². The zero-order chi connectivity index (χ0) is 21.5. The number of aryl methyl sites for hydroxylation is 2. The highest BCUT2D eigenvalue weighted by Crippen LogP contribution is 2.30. The lowest BCUT2D eigenvalue weighted by Gasteiger charge is -2.11. The third kappa shape index (κ3) is 3.49. The van der Waals surface area contributed by atoms with Crippen molar-refractivity contribution in [3.05, 3.63) is 76.8 Å². The van der Waals surface area contributed by atoms with E-state index in [0.717, 1.165) is 27.3 Å². The van der Waals surface area contributed by atoms with E-state index in [9.17, 15) is 4.79 Å². The minimum absolute atomic E-state index is 0.243. The molecule has 0 radical (unpaired) electrons. The summed E-state index contributed by atoms with van der Waals surface area (Å²) in [7, 11) is 1.83. The molecule has 0 bridgehead atoms. The van der Waals surface area contributed by atoms with Crippen molar-refractivity contribution in [2.24, 2.45) is 7.05 Å². The van der Waals surface area contributed by atoms with Gasteiger partial charge in [0.05, 0.1) is 44.3 Å². The van der Waals surface area contributed by atoms with Crippen LogP contribution in [0.25, 0.3) is 27.3 Å². The summed E-state index contributed by atoms with van der Waals surface area (Å²) in [4.78, 5) is 23.1. The first-order valence-corrected chi connectivity index (χ1v) is 10.7. The standard InChI is InChI=1S/C22H17ClN6OS/c1-13-20-15(11-17(19-4-3-9-31-19)26-21(20)28(2)27-13)22(30)25-14-5-6-18(16(23)10-14)29-8-7-24-12-29/h3-12H,1-2H3,(H,25,30). The number of amides is 1. The lowest BCUT2D eigenvalue weighted by atomic mass is 10.1. The topological polar surface area (TPSA) is 77.6 Å². The van der Waals surface area contributed by atoms with Gasteiger partial charge in [-0.25, -0.2) is 9.97 Å². The van der Waals surface area contributed by atoms with Crippen LogP contribution in [0.2, 0.25) is 5.02 Å². The van der Waals surface area contributed by atoms with Crippen LogP contribution in [0.4, 0.5) is 5.69 Å². The van der Waals surface area contributed by atoms with Crippen molar-refractivity contribution < 1.29 is 4.79 Å². The molecule has 0 fully saturated rings. The molecule has 0 unspecified atom stereocenters. The summed E-state index contributed by atoms with van der Waals surface area (Å²) in [6, 6.07) is 11.1. The first-order chi connectivity index (χ1) is 15.0. The second-order valence-corrected chi connectivity index (χ2v) is 8.39. The summed E-state index contributed by atoms with van der Waals surface area (Å²) >= 11 is 8.02. The molecule has 0 aliphatic rings. The number of fused-ring (bicyclic) bond motifs is 1. The van der Waals surface area contributed by atoms with E-state index >= 15 is 0 Å². The Morgan fingerprint density at radius 3 is 2.81 bits per heavy atom. The van der Waals surface area contributed by atoms with Gasteiger partial charge in [0.1, 0.15) is 0 Å². The van der Waals surface area contributed by atoms with Gasteiger partial charge in [-0.2, -0.15) is 5.10 Å². The lowest BCUT2D eigenvalue weighted by molar-refractivity contribution is 0.102. The van der Waals surface area contributed by atoms with Crippen LogP contribution in [-0.4, -0.2) is 30.2 Å². The SMILES string of the molecule is Cc1nn(C)c2nc(-c3cccs3)cc(C(=O)Nc3ccc(-n4ccnc4)c(Cl)c3)c12. The molecule has 0 aliphatic heterocycles. The third-order valence-electron chi connectivity index (χ3n) is 4.98. The fourth-order valence-corrected chi connectivity index (χ4v) is 4.53. The number of benzene rings is 1. The van der Waals surface area contributed by atoms with Crippen LogP contribution in [0.1, 0.15) is 16.1 Å². The Balaban J connectivity index is 1.55. The van der Waals surface area contributed by atoms with Crippen molar-refractivity contribution in [2.75, 3.05) is 5.32 Å². The van der Waals surface area contributed by atoms with Gasteiger partial charge in [-0.1, -0.05) is 17.7 Å². The Labute approximate surface area is 186 Å². The molecular weight excluding hydrogens is 432 g/mol. The Bertz CT molecular complexity index is 1410. The molecule has 1 N–H and O–H groups in total. The number of pyridine rings is 1. The molecule has 0 saturated carbocycles. The molecule has 0 saturated heterocycles. The van der Waals surface area contributed by atoms with Crippen molar-refractivity contribution in [1.82, 2.24) is 24.3 Å². The van der Waals surface area contributed by atoms with Crippen molar-refractivity contribution >= 4 is 45.6 Å². The fraction of sp³-hybridized carbons (Fsp3) is 0.0909. The molecule has 5 aromatic rings. The first-order valence-electron chi connectivity index (χ1n) is 9.49. The zero-order valence-corrected chi connectivity index (χ0v) is 18.3. The summed E-state index contributed by atoms with van der Waals surface area (Å²) in [5.74, 6) is -0.243. The average Bonchev–Trinajstić information content (AvgIpc) is 3.50. The maximum absolute atomic E-state index is 13.3. The summed E-state index contributed by atoms with van der Waals surface area (Å²) in [6.07, 6.45) is 5.16. The van der Waals surface area contributed by atoms with Crippen molar-refractivity contribution in [3.63, 3.8) is 0 Å². The van der Waals surface area contributed by atoms with Crippen LogP contribution >= 0.6 is 22.9 Å². The average molecular weight is 449 g/mol. The number of halogens is 1. The van der Waals surface area contributed by atoms with E-state index in [-0.39, 0.29) is 5.91 Å². The van der Waals surface area contributed by atoms with E-state index in [2.05, 4.69) is 15.4 Å². The quantitative estimate of drug-likeness (QED) is 0.415. The van der Waals surface area contributed by atoms with Crippen molar-refractivity contribution in [2.45, 2.75) is 6.92 Å². The lowest BCUT2D eigenvalue weighted by Crippen LogP contribution is -2.13. The van der Waals surface area contributed by atoms with E-state index in [0.29, 0.717) is 21.9 Å². The molecule has 0 atom stereocenters. The fourth-order valence-electron chi connectivity index (χ4n) is 3.57. The third-order valence-corrected chi connectivity index (χ3v) is 6.17. The molecule has 4 aromatic heterocycles. The first kappa shape index (κ1) is 19.5. The Morgan fingerprint density at radius 2 is 2.10 bits per heavy atom. The Hall–Kier alpha value is -3.49. The van der Waals surface area contributed by atoms with E-state index < -0.39 is 0 Å². The predicted octanol–water partition coefficient (Wildman–Crippen LogP) is 5.10. The van der Waals surface area contributed by atoms with Crippen LogP contribution in [0.15, 0.2) is 60.5 Å². The van der Waals surface area contributed by atoms with Gasteiger partial charge >= 0.3 is 0 Å². The number of aromatic nitrogens is 5. The highest BCUT2D eigenvalue weighted by atomic mass is 35.5. The molecule has 31 heavy (non-hydrogen) atoms. The summed E-state index contributed by atoms with van der Waals surface area (Å²) < 4.78 is 3.52. The molecule has 7 nitrogen and oxygen atoms in total. The molecule has 4 heterocycles. The van der Waals surface area contributed by atoms with Gasteiger partial charge in [0.15, 0.2) is 5.65 Å². The number of hydrogen-bond donors (Lipinski definition) is 1. The molecule has 1 aromatic carbocycles. The molecule has 0 aliphatic carbocycles. The van der Waals surface area contributed by atoms with Crippen LogP contribution in [0, 0.1) is 6.92 Å². The van der Waals surface area contributed by atoms with Gasteiger partial charge in [-0.05, 0) is 42.6 Å². The van der Waals surface area contributed by atoms with Gasteiger partial charge < -0.3 is 9.88 Å². The van der Waals surface area contributed by atoms with Crippen LogP contribution in [0.5, 0.6) is 0 Å². The second-order valence-electron chi connectivity index (χ2n) is 7.03. The Kier molecular flexibility index (Phi) is 4.80. The number of imidazole rings is 1. The van der Waals surface area contributed by atoms with Gasteiger partial charge in [0.2, 0.25) is 0 Å². The van der Waals surface area contributed by atoms with Crippen molar-refractivity contribution in [3.8, 4) is 16.3 Å². The van der Waals surface area contributed by atoms with Gasteiger partial charge in [-0.15, -0.1) is 11.3 Å². The number of carbonyl (C=O) groups is 1. The predicted molar refractivity (Wildman–Crippen MR) is 123 cm³/mol. The number of thiophene rings is 1. The largest absolute Gasteiger partial charge is 0.322 e. The number of hydrogen-bond acceptors (Lipinski definition) is 5. The number of anilines is 1. The molecular formula is C22H17ClN6OS. The zero-order valence-electron chi connectivity index (χ0n) is 16.7. The van der Waals surface area contributed by atoms with E-state index in [1.165, 1.54) is 0 Å². The van der Waals surface area contributed by atoms with E-state index in [4.69, 9.17) is 16.6 Å². The van der Waals surface area contributed by atoms with Crippen molar-refractivity contribution in [1.29, 1.82) is 0 Å². The molecule has 0 spiro atoms. The highest BCUT2D eigenvalue weighted by Gasteiger charge is 2.20. The normalized spacial score (nSPS) is 11.2.